The average Bonchev–Trinajstić information content (AvgIpc) is 2.23. The zero-order valence-corrected chi connectivity index (χ0v) is 8.58. The number of hydrogen-bond acceptors (Lipinski definition) is 1. The van der Waals surface area contributed by atoms with Crippen LogP contribution in [-0.2, 0) is 6.42 Å². The SMILES string of the molecule is NC1CC[C+](Cc2ccccc2)CC1. The van der Waals surface area contributed by atoms with Crippen LogP contribution in [0.4, 0.5) is 0 Å². The van der Waals surface area contributed by atoms with Gasteiger partial charge in [0.15, 0.2) is 0 Å². The quantitative estimate of drug-likeness (QED) is 0.709. The molecule has 2 N–H and O–H groups in total. The molecule has 0 atom stereocenters. The van der Waals surface area contributed by atoms with Crippen molar-refractivity contribution in [3.63, 3.8) is 0 Å². The van der Waals surface area contributed by atoms with E-state index in [9.17, 15) is 0 Å². The van der Waals surface area contributed by atoms with E-state index in [1.54, 1.807) is 5.92 Å². The van der Waals surface area contributed by atoms with Gasteiger partial charge in [-0.05, 0) is 5.56 Å². The molecule has 1 fully saturated rings. The standard InChI is InChI=1S/C13H18N/c14-13-8-6-12(7-9-13)10-11-4-2-1-3-5-11/h1-5,13H,6-10,14H2/q+1. The maximum absolute atomic E-state index is 5.88. The topological polar surface area (TPSA) is 26.0 Å². The lowest BCUT2D eigenvalue weighted by Crippen LogP contribution is -2.26. The molecule has 74 valence electrons. The van der Waals surface area contributed by atoms with Gasteiger partial charge in [0.25, 0.3) is 0 Å². The van der Waals surface area contributed by atoms with Crippen molar-refractivity contribution < 1.29 is 0 Å². The Labute approximate surface area is 86.3 Å². The van der Waals surface area contributed by atoms with Crippen LogP contribution in [0.1, 0.15) is 31.2 Å². The molecule has 0 saturated heterocycles. The van der Waals surface area contributed by atoms with E-state index in [2.05, 4.69) is 30.3 Å². The summed E-state index contributed by atoms with van der Waals surface area (Å²) in [7, 11) is 0. The highest BCUT2D eigenvalue weighted by Gasteiger charge is 2.27. The van der Waals surface area contributed by atoms with Crippen LogP contribution in [0.3, 0.4) is 0 Å². The van der Waals surface area contributed by atoms with Gasteiger partial charge in [0.05, 0.1) is 18.8 Å². The first-order valence-electron chi connectivity index (χ1n) is 5.47. The molecule has 0 aliphatic heterocycles. The van der Waals surface area contributed by atoms with Crippen LogP contribution in [0.25, 0.3) is 0 Å². The van der Waals surface area contributed by atoms with Gasteiger partial charge in [-0.1, -0.05) is 30.3 Å². The van der Waals surface area contributed by atoms with Crippen molar-refractivity contribution in [3.05, 3.63) is 41.8 Å². The molecule has 1 aliphatic carbocycles. The summed E-state index contributed by atoms with van der Waals surface area (Å²) in [5.74, 6) is 1.68. The maximum Gasteiger partial charge on any atom is 0.115 e. The Kier molecular flexibility index (Phi) is 3.10. The van der Waals surface area contributed by atoms with Gasteiger partial charge in [0.1, 0.15) is 6.42 Å². The average molecular weight is 188 g/mol. The van der Waals surface area contributed by atoms with Gasteiger partial charge < -0.3 is 5.73 Å². The van der Waals surface area contributed by atoms with Crippen LogP contribution in [0.2, 0.25) is 0 Å². The summed E-state index contributed by atoms with van der Waals surface area (Å²) in [5.41, 5.74) is 7.32. The van der Waals surface area contributed by atoms with Crippen molar-refractivity contribution in [2.45, 2.75) is 38.1 Å². The van der Waals surface area contributed by atoms with E-state index in [-0.39, 0.29) is 0 Å². The molecule has 2 rings (SSSR count). The lowest BCUT2D eigenvalue weighted by Gasteiger charge is -2.17. The molecule has 0 amide bonds. The van der Waals surface area contributed by atoms with Gasteiger partial charge in [0, 0.05) is 18.9 Å². The molecule has 1 saturated carbocycles. The largest absolute Gasteiger partial charge is 0.327 e. The van der Waals surface area contributed by atoms with Crippen molar-refractivity contribution in [1.82, 2.24) is 0 Å². The van der Waals surface area contributed by atoms with E-state index in [1.165, 1.54) is 31.2 Å². The summed E-state index contributed by atoms with van der Waals surface area (Å²) in [6.07, 6.45) is 5.99. The smallest absolute Gasteiger partial charge is 0.115 e. The predicted octanol–water partition coefficient (Wildman–Crippen LogP) is 2.70. The van der Waals surface area contributed by atoms with Crippen LogP contribution >= 0.6 is 0 Å². The Bertz CT molecular complexity index is 260. The zero-order valence-electron chi connectivity index (χ0n) is 8.58. The second kappa shape index (κ2) is 4.52. The minimum Gasteiger partial charge on any atom is -0.327 e. The molecule has 1 heteroatoms. The van der Waals surface area contributed by atoms with Gasteiger partial charge in [-0.25, -0.2) is 0 Å². The van der Waals surface area contributed by atoms with E-state index in [4.69, 9.17) is 5.73 Å². The van der Waals surface area contributed by atoms with Gasteiger partial charge in [-0.3, -0.25) is 0 Å². The molecule has 0 bridgehead atoms. The number of rotatable bonds is 2. The van der Waals surface area contributed by atoms with Gasteiger partial charge >= 0.3 is 0 Å². The van der Waals surface area contributed by atoms with Crippen LogP contribution in [0.5, 0.6) is 0 Å². The molecular weight excluding hydrogens is 170 g/mol. The number of benzene rings is 1. The summed E-state index contributed by atoms with van der Waals surface area (Å²) >= 11 is 0. The van der Waals surface area contributed by atoms with Crippen LogP contribution < -0.4 is 5.73 Å². The molecule has 0 unspecified atom stereocenters. The molecule has 1 nitrogen and oxygen atoms in total. The van der Waals surface area contributed by atoms with E-state index < -0.39 is 0 Å². The fourth-order valence-corrected chi connectivity index (χ4v) is 2.11. The van der Waals surface area contributed by atoms with E-state index in [0.717, 1.165) is 6.42 Å². The van der Waals surface area contributed by atoms with E-state index >= 15 is 0 Å². The Hall–Kier alpha value is -0.950. The van der Waals surface area contributed by atoms with E-state index in [0.29, 0.717) is 6.04 Å². The third-order valence-electron chi connectivity index (χ3n) is 3.03. The third-order valence-corrected chi connectivity index (χ3v) is 3.03. The molecule has 0 heterocycles. The molecule has 0 radical (unpaired) electrons. The molecule has 1 aliphatic rings. The molecule has 14 heavy (non-hydrogen) atoms. The Morgan fingerprint density at radius 1 is 1.14 bits per heavy atom. The second-order valence-electron chi connectivity index (χ2n) is 4.25. The lowest BCUT2D eigenvalue weighted by atomic mass is 9.83. The summed E-state index contributed by atoms with van der Waals surface area (Å²) in [6, 6.07) is 11.2. The van der Waals surface area contributed by atoms with Crippen molar-refractivity contribution >= 4 is 0 Å². The summed E-state index contributed by atoms with van der Waals surface area (Å²) in [4.78, 5) is 0. The van der Waals surface area contributed by atoms with Crippen molar-refractivity contribution in [1.29, 1.82) is 0 Å². The summed E-state index contributed by atoms with van der Waals surface area (Å²) in [5, 5.41) is 0. The highest BCUT2D eigenvalue weighted by Crippen LogP contribution is 2.28. The van der Waals surface area contributed by atoms with Crippen LogP contribution in [-0.4, -0.2) is 6.04 Å². The van der Waals surface area contributed by atoms with Crippen LogP contribution in [0, 0.1) is 5.92 Å². The monoisotopic (exact) mass is 188 g/mol. The van der Waals surface area contributed by atoms with Gasteiger partial charge in [-0.15, -0.1) is 0 Å². The summed E-state index contributed by atoms with van der Waals surface area (Å²) in [6.45, 7) is 0. The van der Waals surface area contributed by atoms with Gasteiger partial charge in [-0.2, -0.15) is 0 Å². The molecule has 0 spiro atoms. The second-order valence-corrected chi connectivity index (χ2v) is 4.25. The van der Waals surface area contributed by atoms with Crippen LogP contribution in [0.15, 0.2) is 30.3 Å². The lowest BCUT2D eigenvalue weighted by molar-refractivity contribution is 0.457. The van der Waals surface area contributed by atoms with Crippen molar-refractivity contribution in [2.24, 2.45) is 5.73 Å². The Balaban J connectivity index is 1.87. The first-order chi connectivity index (χ1) is 6.84. The number of hydrogen-bond donors (Lipinski definition) is 1. The van der Waals surface area contributed by atoms with Gasteiger partial charge in [0.2, 0.25) is 0 Å². The highest BCUT2D eigenvalue weighted by atomic mass is 14.6. The zero-order chi connectivity index (χ0) is 9.80. The first-order valence-corrected chi connectivity index (χ1v) is 5.47. The fraction of sp³-hybridized carbons (Fsp3) is 0.462. The first kappa shape index (κ1) is 9.60. The molecule has 1 aromatic carbocycles. The fourth-order valence-electron chi connectivity index (χ4n) is 2.11. The maximum atomic E-state index is 5.88. The Morgan fingerprint density at radius 3 is 2.43 bits per heavy atom. The number of nitrogens with two attached hydrogens (primary N) is 1. The Morgan fingerprint density at radius 2 is 1.79 bits per heavy atom. The van der Waals surface area contributed by atoms with Crippen molar-refractivity contribution in [2.75, 3.05) is 0 Å². The summed E-state index contributed by atoms with van der Waals surface area (Å²) < 4.78 is 0. The highest BCUT2D eigenvalue weighted by molar-refractivity contribution is 5.19. The normalized spacial score (nSPS) is 18.5. The van der Waals surface area contributed by atoms with E-state index in [1.807, 2.05) is 0 Å². The minimum atomic E-state index is 0.453. The third kappa shape index (κ3) is 2.52. The molecule has 0 aromatic heterocycles. The van der Waals surface area contributed by atoms with Crippen molar-refractivity contribution in [3.8, 4) is 0 Å². The molecular formula is C13H18N+. The predicted molar refractivity (Wildman–Crippen MR) is 59.8 cm³/mol. The minimum absolute atomic E-state index is 0.453. The molecule has 1 aromatic rings.